The molecular formula is C17H14F2N2O5S. The second-order valence-corrected chi connectivity index (χ2v) is 6.35. The van der Waals surface area contributed by atoms with Gasteiger partial charge >= 0.3 is 11.7 Å². The first-order valence-corrected chi connectivity index (χ1v) is 8.61. The molecule has 0 fully saturated rings. The molecule has 142 valence electrons. The van der Waals surface area contributed by atoms with E-state index in [0.29, 0.717) is 5.75 Å². The average molecular weight is 396 g/mol. The van der Waals surface area contributed by atoms with Crippen LogP contribution in [0.2, 0.25) is 0 Å². The number of carbonyl (C=O) groups is 2. The number of nitrogens with zero attached hydrogens (tertiary/aromatic N) is 1. The number of carbonyl (C=O) groups excluding carboxylic acids is 2. The van der Waals surface area contributed by atoms with Gasteiger partial charge in [-0.05, 0) is 36.4 Å². The molecule has 0 aliphatic rings. The van der Waals surface area contributed by atoms with Crippen LogP contribution in [0.15, 0.2) is 47.4 Å². The highest BCUT2D eigenvalue weighted by atomic mass is 32.2. The van der Waals surface area contributed by atoms with E-state index in [2.05, 4.69) is 5.32 Å². The molecule has 0 aliphatic heterocycles. The maximum absolute atomic E-state index is 13.2. The van der Waals surface area contributed by atoms with Gasteiger partial charge in [-0.15, -0.1) is 11.8 Å². The third-order valence-corrected chi connectivity index (χ3v) is 4.19. The van der Waals surface area contributed by atoms with Crippen molar-refractivity contribution in [2.45, 2.75) is 11.3 Å². The summed E-state index contributed by atoms with van der Waals surface area (Å²) >= 11 is 1.33. The molecule has 0 radical (unpaired) electrons. The Labute approximate surface area is 156 Å². The molecule has 2 aromatic carbocycles. The van der Waals surface area contributed by atoms with Crippen molar-refractivity contribution in [3.05, 3.63) is 64.2 Å². The topological polar surface area (TPSA) is 98.5 Å². The highest BCUT2D eigenvalue weighted by Crippen LogP contribution is 2.21. The second-order valence-electron chi connectivity index (χ2n) is 5.18. The highest BCUT2D eigenvalue weighted by Gasteiger charge is 2.16. The Kier molecular flexibility index (Phi) is 7.24. The van der Waals surface area contributed by atoms with E-state index in [-0.39, 0.29) is 17.9 Å². The lowest BCUT2D eigenvalue weighted by Gasteiger charge is -2.07. The van der Waals surface area contributed by atoms with Crippen LogP contribution in [0.25, 0.3) is 0 Å². The van der Waals surface area contributed by atoms with Crippen LogP contribution in [-0.2, 0) is 14.3 Å². The molecule has 0 saturated heterocycles. The molecular weight excluding hydrogens is 382 g/mol. The Morgan fingerprint density at radius 1 is 1.15 bits per heavy atom. The number of nitro benzene ring substituents is 1. The van der Waals surface area contributed by atoms with Crippen LogP contribution in [0, 0.1) is 21.7 Å². The molecule has 0 heterocycles. The summed E-state index contributed by atoms with van der Waals surface area (Å²) in [7, 11) is 0. The highest BCUT2D eigenvalue weighted by molar-refractivity contribution is 7.99. The third-order valence-electron chi connectivity index (χ3n) is 3.18. The van der Waals surface area contributed by atoms with Crippen LogP contribution in [0.5, 0.6) is 0 Å². The summed E-state index contributed by atoms with van der Waals surface area (Å²) in [6, 6.07) is 8.67. The molecule has 0 spiro atoms. The molecule has 1 amide bonds. The zero-order valence-corrected chi connectivity index (χ0v) is 14.6. The number of rotatable bonds is 8. The molecule has 7 nitrogen and oxygen atoms in total. The number of nitro groups is 1. The zero-order valence-electron chi connectivity index (χ0n) is 13.8. The summed E-state index contributed by atoms with van der Waals surface area (Å²) in [5, 5.41) is 12.9. The van der Waals surface area contributed by atoms with Gasteiger partial charge in [-0.2, -0.15) is 4.39 Å². The monoisotopic (exact) mass is 396 g/mol. The minimum Gasteiger partial charge on any atom is -0.456 e. The van der Waals surface area contributed by atoms with E-state index in [9.17, 15) is 28.5 Å². The number of esters is 1. The number of amides is 1. The maximum atomic E-state index is 13.2. The van der Waals surface area contributed by atoms with Gasteiger partial charge in [-0.25, -0.2) is 4.39 Å². The number of nitrogens with one attached hydrogen (secondary N) is 1. The van der Waals surface area contributed by atoms with E-state index >= 15 is 0 Å². The molecule has 27 heavy (non-hydrogen) atoms. The van der Waals surface area contributed by atoms with Crippen LogP contribution >= 0.6 is 11.8 Å². The first-order valence-electron chi connectivity index (χ1n) is 7.63. The Hall–Kier alpha value is -3.01. The van der Waals surface area contributed by atoms with Gasteiger partial charge in [0.2, 0.25) is 5.82 Å². The van der Waals surface area contributed by atoms with Crippen molar-refractivity contribution in [3.8, 4) is 0 Å². The van der Waals surface area contributed by atoms with Crippen molar-refractivity contribution < 1.29 is 28.0 Å². The van der Waals surface area contributed by atoms with Crippen LogP contribution in [0.4, 0.5) is 20.2 Å². The van der Waals surface area contributed by atoms with Gasteiger partial charge < -0.3 is 10.1 Å². The third kappa shape index (κ3) is 6.66. The summed E-state index contributed by atoms with van der Waals surface area (Å²) < 4.78 is 30.8. The summed E-state index contributed by atoms with van der Waals surface area (Å²) in [5.74, 6) is -2.31. The molecule has 2 rings (SSSR count). The van der Waals surface area contributed by atoms with Gasteiger partial charge in [0.1, 0.15) is 5.82 Å². The minimum atomic E-state index is -1.02. The maximum Gasteiger partial charge on any atom is 0.307 e. The van der Waals surface area contributed by atoms with Crippen LogP contribution in [0.3, 0.4) is 0 Å². The molecule has 0 aliphatic carbocycles. The lowest BCUT2D eigenvalue weighted by molar-refractivity contribution is -0.387. The zero-order chi connectivity index (χ0) is 19.8. The van der Waals surface area contributed by atoms with Crippen molar-refractivity contribution in [1.82, 2.24) is 0 Å². The van der Waals surface area contributed by atoms with Gasteiger partial charge in [0.05, 0.1) is 11.3 Å². The summed E-state index contributed by atoms with van der Waals surface area (Å²) in [6.45, 7) is -0.578. The van der Waals surface area contributed by atoms with E-state index in [1.165, 1.54) is 23.9 Å². The Morgan fingerprint density at radius 3 is 2.52 bits per heavy atom. The molecule has 2 aromatic rings. The number of hydrogen-bond acceptors (Lipinski definition) is 6. The van der Waals surface area contributed by atoms with Crippen molar-refractivity contribution in [2.75, 3.05) is 17.7 Å². The van der Waals surface area contributed by atoms with E-state index < -0.39 is 34.9 Å². The van der Waals surface area contributed by atoms with Gasteiger partial charge in [-0.3, -0.25) is 19.7 Å². The normalized spacial score (nSPS) is 10.3. The van der Waals surface area contributed by atoms with Gasteiger partial charge in [-0.1, -0.05) is 0 Å². The first-order chi connectivity index (χ1) is 12.8. The molecule has 0 saturated carbocycles. The van der Waals surface area contributed by atoms with Crippen LogP contribution in [-0.4, -0.2) is 29.2 Å². The molecule has 0 aromatic heterocycles. The fourth-order valence-corrected chi connectivity index (χ4v) is 2.76. The largest absolute Gasteiger partial charge is 0.456 e. The second kappa shape index (κ2) is 9.62. The predicted molar refractivity (Wildman–Crippen MR) is 94.4 cm³/mol. The first kappa shape index (κ1) is 20.3. The van der Waals surface area contributed by atoms with Crippen LogP contribution < -0.4 is 5.32 Å². The number of halogens is 2. The van der Waals surface area contributed by atoms with E-state index in [4.69, 9.17) is 4.74 Å². The standard InChI is InChI=1S/C17H14F2N2O5S/c18-11-1-4-13(5-2-11)27-8-7-17(23)26-10-16(22)20-12-3-6-14(19)15(9-12)21(24)25/h1-6,9H,7-8,10H2,(H,20,22). The van der Waals surface area contributed by atoms with E-state index in [1.54, 1.807) is 12.1 Å². The molecule has 0 unspecified atom stereocenters. The molecule has 0 bridgehead atoms. The Morgan fingerprint density at radius 2 is 1.85 bits per heavy atom. The van der Waals surface area contributed by atoms with Gasteiger partial charge in [0.25, 0.3) is 5.91 Å². The van der Waals surface area contributed by atoms with Crippen molar-refractivity contribution in [3.63, 3.8) is 0 Å². The van der Waals surface area contributed by atoms with Crippen molar-refractivity contribution in [2.24, 2.45) is 0 Å². The summed E-state index contributed by atoms with van der Waals surface area (Å²) in [4.78, 5) is 33.9. The number of hydrogen-bond donors (Lipinski definition) is 1. The smallest absolute Gasteiger partial charge is 0.307 e. The Bertz CT molecular complexity index is 846. The minimum absolute atomic E-state index is 0.0102. The van der Waals surface area contributed by atoms with Gasteiger partial charge in [0, 0.05) is 22.4 Å². The molecule has 0 atom stereocenters. The van der Waals surface area contributed by atoms with Crippen LogP contribution in [0.1, 0.15) is 6.42 Å². The number of anilines is 1. The number of thioether (sulfide) groups is 1. The van der Waals surface area contributed by atoms with Crippen molar-refractivity contribution >= 4 is 35.0 Å². The summed E-state index contributed by atoms with van der Waals surface area (Å²) in [5.41, 5.74) is -0.765. The molecule has 10 heteroatoms. The van der Waals surface area contributed by atoms with Crippen molar-refractivity contribution in [1.29, 1.82) is 0 Å². The fourth-order valence-electron chi connectivity index (χ4n) is 1.93. The fraction of sp³-hybridized carbons (Fsp3) is 0.176. The van der Waals surface area contributed by atoms with E-state index in [1.807, 2.05) is 0 Å². The van der Waals surface area contributed by atoms with E-state index in [0.717, 1.165) is 23.1 Å². The number of ether oxygens (including phenoxy) is 1. The molecule has 1 N–H and O–H groups in total. The lowest BCUT2D eigenvalue weighted by atomic mass is 10.2. The average Bonchev–Trinajstić information content (AvgIpc) is 2.63. The lowest BCUT2D eigenvalue weighted by Crippen LogP contribution is -2.21. The van der Waals surface area contributed by atoms with Gasteiger partial charge in [0.15, 0.2) is 6.61 Å². The SMILES string of the molecule is O=C(COC(=O)CCSc1ccc(F)cc1)Nc1ccc(F)c([N+](=O)[O-])c1. The quantitative estimate of drug-likeness (QED) is 0.317. The number of benzene rings is 2. The Balaban J connectivity index is 1.73. The predicted octanol–water partition coefficient (Wildman–Crippen LogP) is 3.54. The summed E-state index contributed by atoms with van der Waals surface area (Å²) in [6.07, 6.45) is 0.0390.